The lowest BCUT2D eigenvalue weighted by Crippen LogP contribution is -2.14. The van der Waals surface area contributed by atoms with Gasteiger partial charge in [-0.2, -0.15) is 0 Å². The monoisotopic (exact) mass is 355 g/mol. The number of nitrogens with one attached hydrogen (secondary N) is 1. The van der Waals surface area contributed by atoms with Crippen molar-refractivity contribution in [3.8, 4) is 11.5 Å². The second kappa shape index (κ2) is 7.52. The Morgan fingerprint density at radius 1 is 1.14 bits per heavy atom. The molecule has 0 heterocycles. The average Bonchev–Trinajstić information content (AvgIpc) is 2.45. The van der Waals surface area contributed by atoms with Crippen molar-refractivity contribution in [2.45, 2.75) is 19.9 Å². The molecule has 112 valence electrons. The zero-order valence-electron chi connectivity index (χ0n) is 11.6. The van der Waals surface area contributed by atoms with E-state index in [1.54, 1.807) is 18.2 Å². The molecule has 0 saturated carbocycles. The first-order chi connectivity index (χ1) is 10.1. The first-order valence-corrected chi connectivity index (χ1v) is 7.52. The van der Waals surface area contributed by atoms with Crippen LogP contribution in [0.25, 0.3) is 0 Å². The van der Waals surface area contributed by atoms with Gasteiger partial charge < -0.3 is 10.1 Å². The first-order valence-electron chi connectivity index (χ1n) is 6.73. The summed E-state index contributed by atoms with van der Waals surface area (Å²) in [7, 11) is 0. The normalized spacial score (nSPS) is 10.7. The van der Waals surface area contributed by atoms with E-state index in [1.165, 1.54) is 18.2 Å². The molecule has 2 rings (SSSR count). The number of para-hydroxylation sites is 1. The summed E-state index contributed by atoms with van der Waals surface area (Å²) in [4.78, 5) is 0. The highest BCUT2D eigenvalue weighted by Gasteiger charge is 2.13. The van der Waals surface area contributed by atoms with Gasteiger partial charge in [-0.15, -0.1) is 0 Å². The number of hydrogen-bond donors (Lipinski definition) is 1. The summed E-state index contributed by atoms with van der Waals surface area (Å²) in [6.07, 6.45) is 0.979. The fourth-order valence-corrected chi connectivity index (χ4v) is 2.21. The Hall–Kier alpha value is -1.46. The van der Waals surface area contributed by atoms with Gasteiger partial charge in [0.25, 0.3) is 0 Å². The summed E-state index contributed by atoms with van der Waals surface area (Å²) < 4.78 is 33.8. The molecule has 5 heteroatoms. The first kappa shape index (κ1) is 15.9. The molecule has 0 amide bonds. The molecule has 0 fully saturated rings. The molecule has 2 nitrogen and oxygen atoms in total. The highest BCUT2D eigenvalue weighted by atomic mass is 79.9. The Balaban J connectivity index is 2.25. The van der Waals surface area contributed by atoms with Gasteiger partial charge in [-0.25, -0.2) is 8.78 Å². The molecule has 0 atom stereocenters. The zero-order chi connectivity index (χ0) is 15.2. The van der Waals surface area contributed by atoms with Gasteiger partial charge in [0.2, 0.25) is 0 Å². The number of hydrogen-bond acceptors (Lipinski definition) is 2. The molecule has 0 spiro atoms. The summed E-state index contributed by atoms with van der Waals surface area (Å²) >= 11 is 3.17. The minimum absolute atomic E-state index is 0.0000384. The van der Waals surface area contributed by atoms with Crippen molar-refractivity contribution < 1.29 is 13.5 Å². The molecule has 0 radical (unpaired) electrons. The standard InChI is InChI=1S/C16H16BrF2NO/c1-2-8-20-10-11-4-3-5-13(18)16(11)21-15-7-6-12(17)9-14(15)19/h3-7,9,20H,2,8,10H2,1H3. The van der Waals surface area contributed by atoms with Gasteiger partial charge in [0.1, 0.15) is 0 Å². The lowest BCUT2D eigenvalue weighted by molar-refractivity contribution is 0.408. The fraction of sp³-hybridized carbons (Fsp3) is 0.250. The van der Waals surface area contributed by atoms with Crippen molar-refractivity contribution in [3.63, 3.8) is 0 Å². The lowest BCUT2D eigenvalue weighted by atomic mass is 10.2. The van der Waals surface area contributed by atoms with Crippen LogP contribution < -0.4 is 10.1 Å². The summed E-state index contributed by atoms with van der Waals surface area (Å²) in [5.74, 6) is -0.990. The van der Waals surface area contributed by atoms with E-state index in [9.17, 15) is 8.78 Å². The van der Waals surface area contributed by atoms with Gasteiger partial charge in [-0.3, -0.25) is 0 Å². The van der Waals surface area contributed by atoms with Crippen LogP contribution in [-0.2, 0) is 6.54 Å². The highest BCUT2D eigenvalue weighted by molar-refractivity contribution is 9.10. The SMILES string of the molecule is CCCNCc1cccc(F)c1Oc1ccc(Br)cc1F. The third-order valence-corrected chi connectivity index (χ3v) is 3.39. The van der Waals surface area contributed by atoms with E-state index in [0.29, 0.717) is 16.6 Å². The maximum Gasteiger partial charge on any atom is 0.167 e. The van der Waals surface area contributed by atoms with Gasteiger partial charge >= 0.3 is 0 Å². The Labute approximate surface area is 131 Å². The second-order valence-electron chi connectivity index (χ2n) is 4.58. The molecular weight excluding hydrogens is 340 g/mol. The predicted molar refractivity (Wildman–Crippen MR) is 82.6 cm³/mol. The Morgan fingerprint density at radius 3 is 2.67 bits per heavy atom. The van der Waals surface area contributed by atoms with Crippen molar-refractivity contribution in [2.75, 3.05) is 6.54 Å². The van der Waals surface area contributed by atoms with E-state index >= 15 is 0 Å². The number of halogens is 3. The van der Waals surface area contributed by atoms with Crippen LogP contribution >= 0.6 is 15.9 Å². The topological polar surface area (TPSA) is 21.3 Å². The maximum absolute atomic E-state index is 14.0. The fourth-order valence-electron chi connectivity index (χ4n) is 1.87. The Bertz CT molecular complexity index is 619. The second-order valence-corrected chi connectivity index (χ2v) is 5.50. The van der Waals surface area contributed by atoms with E-state index < -0.39 is 11.6 Å². The largest absolute Gasteiger partial charge is 0.451 e. The summed E-state index contributed by atoms with van der Waals surface area (Å²) in [6.45, 7) is 3.34. The molecule has 0 saturated heterocycles. The van der Waals surface area contributed by atoms with E-state index in [-0.39, 0.29) is 11.5 Å². The molecule has 0 aliphatic heterocycles. The van der Waals surface area contributed by atoms with E-state index in [2.05, 4.69) is 21.2 Å². The number of rotatable bonds is 6. The molecule has 1 N–H and O–H groups in total. The number of benzene rings is 2. The van der Waals surface area contributed by atoms with Gasteiger partial charge in [0.15, 0.2) is 23.1 Å². The summed E-state index contributed by atoms with van der Waals surface area (Å²) in [5, 5.41) is 3.18. The van der Waals surface area contributed by atoms with Crippen molar-refractivity contribution in [2.24, 2.45) is 0 Å². The highest BCUT2D eigenvalue weighted by Crippen LogP contribution is 2.31. The average molecular weight is 356 g/mol. The predicted octanol–water partition coefficient (Wildman–Crippen LogP) is 5.02. The summed E-state index contributed by atoms with van der Waals surface area (Å²) in [6, 6.07) is 9.07. The van der Waals surface area contributed by atoms with Crippen LogP contribution in [0.5, 0.6) is 11.5 Å². The molecule has 21 heavy (non-hydrogen) atoms. The minimum Gasteiger partial charge on any atom is -0.451 e. The lowest BCUT2D eigenvalue weighted by Gasteiger charge is -2.13. The van der Waals surface area contributed by atoms with Crippen LogP contribution in [0.15, 0.2) is 40.9 Å². The van der Waals surface area contributed by atoms with Crippen LogP contribution in [0.1, 0.15) is 18.9 Å². The van der Waals surface area contributed by atoms with E-state index in [0.717, 1.165) is 13.0 Å². The van der Waals surface area contributed by atoms with Crippen molar-refractivity contribution >= 4 is 15.9 Å². The third kappa shape index (κ3) is 4.25. The van der Waals surface area contributed by atoms with Crippen LogP contribution in [0, 0.1) is 11.6 Å². The van der Waals surface area contributed by atoms with Crippen LogP contribution in [0.3, 0.4) is 0 Å². The minimum atomic E-state index is -0.542. The molecule has 0 aliphatic carbocycles. The molecule has 2 aromatic rings. The third-order valence-electron chi connectivity index (χ3n) is 2.90. The van der Waals surface area contributed by atoms with Crippen molar-refractivity contribution in [3.05, 3.63) is 58.1 Å². The van der Waals surface area contributed by atoms with E-state index in [4.69, 9.17) is 4.74 Å². The Morgan fingerprint density at radius 2 is 1.95 bits per heavy atom. The smallest absolute Gasteiger partial charge is 0.167 e. The van der Waals surface area contributed by atoms with Gasteiger partial charge in [0, 0.05) is 16.6 Å². The van der Waals surface area contributed by atoms with Crippen LogP contribution in [0.2, 0.25) is 0 Å². The van der Waals surface area contributed by atoms with Gasteiger partial charge in [-0.1, -0.05) is 35.0 Å². The maximum atomic E-state index is 14.0. The van der Waals surface area contributed by atoms with Crippen molar-refractivity contribution in [1.82, 2.24) is 5.32 Å². The molecule has 0 aromatic heterocycles. The van der Waals surface area contributed by atoms with E-state index in [1.807, 2.05) is 6.92 Å². The quantitative estimate of drug-likeness (QED) is 0.734. The zero-order valence-corrected chi connectivity index (χ0v) is 13.2. The molecule has 0 aliphatic rings. The Kier molecular flexibility index (Phi) is 5.70. The summed E-state index contributed by atoms with van der Waals surface area (Å²) in [5.41, 5.74) is 0.658. The number of ether oxygens (including phenoxy) is 1. The van der Waals surface area contributed by atoms with Gasteiger partial charge in [-0.05, 0) is 37.2 Å². The molecular formula is C16H16BrF2NO. The molecule has 0 bridgehead atoms. The van der Waals surface area contributed by atoms with Gasteiger partial charge in [0.05, 0.1) is 0 Å². The molecule has 0 unspecified atom stereocenters. The molecule has 2 aromatic carbocycles. The van der Waals surface area contributed by atoms with Crippen molar-refractivity contribution in [1.29, 1.82) is 0 Å². The van der Waals surface area contributed by atoms with Crippen LogP contribution in [0.4, 0.5) is 8.78 Å². The van der Waals surface area contributed by atoms with Crippen LogP contribution in [-0.4, -0.2) is 6.54 Å².